The summed E-state index contributed by atoms with van der Waals surface area (Å²) in [6.07, 6.45) is 5.57. The molecule has 8 heteroatoms. The van der Waals surface area contributed by atoms with E-state index in [1.54, 1.807) is 10.9 Å². The Morgan fingerprint density at radius 3 is 2.82 bits per heavy atom. The Kier molecular flexibility index (Phi) is 4.27. The predicted octanol–water partition coefficient (Wildman–Crippen LogP) is 1.61. The quantitative estimate of drug-likeness (QED) is 0.749. The average molecular weight is 379 g/mol. The van der Waals surface area contributed by atoms with E-state index >= 15 is 0 Å². The molecule has 0 bridgehead atoms. The Bertz CT molecular complexity index is 960. The van der Waals surface area contributed by atoms with Crippen LogP contribution in [0.15, 0.2) is 36.7 Å². The summed E-state index contributed by atoms with van der Waals surface area (Å²) in [5.41, 5.74) is 2.96. The molecule has 3 aromatic rings. The summed E-state index contributed by atoms with van der Waals surface area (Å²) in [5, 5.41) is 4.20. The number of aryl methyl sites for hydroxylation is 1. The Labute approximate surface area is 163 Å². The van der Waals surface area contributed by atoms with Crippen molar-refractivity contribution in [1.82, 2.24) is 24.6 Å². The highest BCUT2D eigenvalue weighted by atomic mass is 16.2. The van der Waals surface area contributed by atoms with Crippen LogP contribution in [-0.4, -0.2) is 69.3 Å². The van der Waals surface area contributed by atoms with Gasteiger partial charge in [0.15, 0.2) is 0 Å². The van der Waals surface area contributed by atoms with Gasteiger partial charge in [-0.25, -0.2) is 4.98 Å². The number of hydrogen-bond donors (Lipinski definition) is 1. The molecule has 4 heterocycles. The SMILES string of the molecule is Cn1cc(N2CCC(N3CCCN(c4nc5ccccc5[nH]4)CC3)C2=O)cn1. The van der Waals surface area contributed by atoms with E-state index in [4.69, 9.17) is 4.98 Å². The molecule has 1 aromatic carbocycles. The van der Waals surface area contributed by atoms with Gasteiger partial charge in [0.2, 0.25) is 11.9 Å². The summed E-state index contributed by atoms with van der Waals surface area (Å²) in [4.78, 5) is 27.7. The van der Waals surface area contributed by atoms with Crippen molar-refractivity contribution in [2.45, 2.75) is 18.9 Å². The number of fused-ring (bicyclic) bond motifs is 1. The number of aromatic nitrogens is 4. The number of benzene rings is 1. The van der Waals surface area contributed by atoms with E-state index < -0.39 is 0 Å². The van der Waals surface area contributed by atoms with E-state index in [0.29, 0.717) is 0 Å². The molecule has 2 fully saturated rings. The molecule has 5 rings (SSSR count). The second-order valence-electron chi connectivity index (χ2n) is 7.62. The summed E-state index contributed by atoms with van der Waals surface area (Å²) < 4.78 is 1.74. The lowest BCUT2D eigenvalue weighted by molar-refractivity contribution is -0.121. The highest BCUT2D eigenvalue weighted by molar-refractivity contribution is 5.99. The number of hydrogen-bond acceptors (Lipinski definition) is 5. The molecule has 0 spiro atoms. The van der Waals surface area contributed by atoms with E-state index in [0.717, 1.165) is 68.2 Å². The van der Waals surface area contributed by atoms with Gasteiger partial charge in [0, 0.05) is 46.0 Å². The fourth-order valence-electron chi connectivity index (χ4n) is 4.36. The number of imidazole rings is 1. The third-order valence-corrected chi connectivity index (χ3v) is 5.83. The number of rotatable bonds is 3. The molecule has 2 aliphatic heterocycles. The first kappa shape index (κ1) is 17.2. The van der Waals surface area contributed by atoms with Crippen LogP contribution in [-0.2, 0) is 11.8 Å². The Hall–Kier alpha value is -2.87. The smallest absolute Gasteiger partial charge is 0.244 e. The van der Waals surface area contributed by atoms with E-state index in [2.05, 4.69) is 25.9 Å². The van der Waals surface area contributed by atoms with Crippen molar-refractivity contribution in [3.63, 3.8) is 0 Å². The molecule has 0 radical (unpaired) electrons. The van der Waals surface area contributed by atoms with Gasteiger partial charge < -0.3 is 14.8 Å². The van der Waals surface area contributed by atoms with Gasteiger partial charge in [-0.1, -0.05) is 12.1 Å². The zero-order valence-corrected chi connectivity index (χ0v) is 16.1. The number of amides is 1. The monoisotopic (exact) mass is 379 g/mol. The predicted molar refractivity (Wildman–Crippen MR) is 108 cm³/mol. The fourth-order valence-corrected chi connectivity index (χ4v) is 4.36. The molecule has 1 atom stereocenters. The van der Waals surface area contributed by atoms with Crippen molar-refractivity contribution in [1.29, 1.82) is 0 Å². The maximum absolute atomic E-state index is 13.0. The number of anilines is 2. The van der Waals surface area contributed by atoms with E-state index in [1.807, 2.05) is 36.3 Å². The molecule has 28 heavy (non-hydrogen) atoms. The zero-order chi connectivity index (χ0) is 19.1. The first-order valence-electron chi connectivity index (χ1n) is 9.93. The van der Waals surface area contributed by atoms with Gasteiger partial charge in [0.05, 0.1) is 29.0 Å². The fraction of sp³-hybridized carbons (Fsp3) is 0.450. The van der Waals surface area contributed by atoms with Crippen molar-refractivity contribution in [3.8, 4) is 0 Å². The molecule has 8 nitrogen and oxygen atoms in total. The molecular weight excluding hydrogens is 354 g/mol. The molecule has 146 valence electrons. The van der Waals surface area contributed by atoms with Gasteiger partial charge in [0.1, 0.15) is 0 Å². The highest BCUT2D eigenvalue weighted by Crippen LogP contribution is 2.25. The van der Waals surface area contributed by atoms with Crippen LogP contribution in [0.3, 0.4) is 0 Å². The van der Waals surface area contributed by atoms with E-state index in [-0.39, 0.29) is 11.9 Å². The Morgan fingerprint density at radius 1 is 1.11 bits per heavy atom. The Balaban J connectivity index is 1.27. The van der Waals surface area contributed by atoms with Crippen molar-refractivity contribution >= 4 is 28.6 Å². The van der Waals surface area contributed by atoms with Gasteiger partial charge in [-0.05, 0) is 25.0 Å². The summed E-state index contributed by atoms with van der Waals surface area (Å²) in [7, 11) is 1.88. The lowest BCUT2D eigenvalue weighted by Gasteiger charge is -2.26. The van der Waals surface area contributed by atoms with Crippen molar-refractivity contribution < 1.29 is 4.79 Å². The van der Waals surface area contributed by atoms with Crippen LogP contribution < -0.4 is 9.80 Å². The molecule has 2 aromatic heterocycles. The second kappa shape index (κ2) is 6.94. The van der Waals surface area contributed by atoms with Crippen molar-refractivity contribution in [2.24, 2.45) is 7.05 Å². The second-order valence-corrected chi connectivity index (χ2v) is 7.62. The molecule has 1 N–H and O–H groups in total. The molecular formula is C20H25N7O. The summed E-state index contributed by atoms with van der Waals surface area (Å²) in [5.74, 6) is 1.13. The number of H-pyrrole nitrogens is 1. The van der Waals surface area contributed by atoms with Gasteiger partial charge in [-0.2, -0.15) is 5.10 Å². The van der Waals surface area contributed by atoms with Crippen LogP contribution in [0.4, 0.5) is 11.6 Å². The van der Waals surface area contributed by atoms with Crippen LogP contribution >= 0.6 is 0 Å². The largest absolute Gasteiger partial charge is 0.341 e. The lowest BCUT2D eigenvalue weighted by Crippen LogP contribution is -2.43. The standard InChI is InChI=1S/C20H25N7O/c1-24-14-15(13-21-24)27-10-7-18(19(27)28)25-8-4-9-26(12-11-25)20-22-16-5-2-3-6-17(16)23-20/h2-3,5-6,13-14,18H,4,7-12H2,1H3,(H,22,23). The van der Waals surface area contributed by atoms with E-state index in [9.17, 15) is 4.79 Å². The van der Waals surface area contributed by atoms with E-state index in [1.165, 1.54) is 0 Å². The van der Waals surface area contributed by atoms with Crippen LogP contribution in [0, 0.1) is 0 Å². The van der Waals surface area contributed by atoms with Crippen LogP contribution in [0.25, 0.3) is 11.0 Å². The lowest BCUT2D eigenvalue weighted by atomic mass is 10.2. The number of carbonyl (C=O) groups excluding carboxylic acids is 1. The first-order valence-corrected chi connectivity index (χ1v) is 9.93. The Morgan fingerprint density at radius 2 is 2.00 bits per heavy atom. The van der Waals surface area contributed by atoms with Crippen LogP contribution in [0.2, 0.25) is 0 Å². The summed E-state index contributed by atoms with van der Waals surface area (Å²) >= 11 is 0. The zero-order valence-electron chi connectivity index (χ0n) is 16.1. The van der Waals surface area contributed by atoms with Crippen LogP contribution in [0.5, 0.6) is 0 Å². The topological polar surface area (TPSA) is 73.3 Å². The minimum absolute atomic E-state index is 0.0316. The molecule has 2 aliphatic rings. The molecule has 2 saturated heterocycles. The van der Waals surface area contributed by atoms with Gasteiger partial charge in [-0.15, -0.1) is 0 Å². The maximum atomic E-state index is 13.0. The highest BCUT2D eigenvalue weighted by Gasteiger charge is 2.37. The van der Waals surface area contributed by atoms with Crippen LogP contribution in [0.1, 0.15) is 12.8 Å². The van der Waals surface area contributed by atoms with Crippen molar-refractivity contribution in [3.05, 3.63) is 36.7 Å². The number of carbonyl (C=O) groups is 1. The molecule has 1 unspecified atom stereocenters. The van der Waals surface area contributed by atoms with Gasteiger partial charge in [0.25, 0.3) is 0 Å². The van der Waals surface area contributed by atoms with Gasteiger partial charge in [-0.3, -0.25) is 14.4 Å². The number of para-hydroxylation sites is 2. The first-order chi connectivity index (χ1) is 13.7. The van der Waals surface area contributed by atoms with Gasteiger partial charge >= 0.3 is 0 Å². The third-order valence-electron chi connectivity index (χ3n) is 5.83. The number of aromatic amines is 1. The maximum Gasteiger partial charge on any atom is 0.244 e. The number of nitrogens with zero attached hydrogens (tertiary/aromatic N) is 6. The van der Waals surface area contributed by atoms with Crippen molar-refractivity contribution in [2.75, 3.05) is 42.5 Å². The minimum Gasteiger partial charge on any atom is -0.341 e. The summed E-state index contributed by atoms with van der Waals surface area (Å²) in [6, 6.07) is 8.09. The third kappa shape index (κ3) is 3.03. The average Bonchev–Trinajstić information content (AvgIpc) is 3.36. The molecule has 0 aliphatic carbocycles. The normalized spacial score (nSPS) is 21.6. The minimum atomic E-state index is -0.0316. The molecule has 0 saturated carbocycles. The number of nitrogens with one attached hydrogen (secondary N) is 1. The summed E-state index contributed by atoms with van der Waals surface area (Å²) in [6.45, 7) is 4.39. The molecule has 1 amide bonds.